The van der Waals surface area contributed by atoms with Crippen molar-refractivity contribution in [3.63, 3.8) is 0 Å². The van der Waals surface area contributed by atoms with Crippen LogP contribution in [0.15, 0.2) is 0 Å². The van der Waals surface area contributed by atoms with Gasteiger partial charge in [0.05, 0.1) is 0 Å². The highest BCUT2D eigenvalue weighted by atomic mass is 19.4. The molecule has 0 radical (unpaired) electrons. The Kier molecular flexibility index (Phi) is 6.05. The Balaban J connectivity index is 3.70. The first-order valence-corrected chi connectivity index (χ1v) is 7.24. The van der Waals surface area contributed by atoms with Crippen LogP contribution in [0.3, 0.4) is 0 Å². The van der Waals surface area contributed by atoms with Crippen molar-refractivity contribution in [3.8, 4) is 0 Å². The lowest BCUT2D eigenvalue weighted by molar-refractivity contribution is -0.330. The molecule has 0 aliphatic rings. The molecule has 1 rings (SSSR count). The third-order valence-electron chi connectivity index (χ3n) is 3.60. The SMILES string of the molecule is CC(C)(C)CC(C(=O)Nc1c(F)c(F)c(F)c(F)c1F)(C(F)(F)F)C(F)(F)F. The Morgan fingerprint density at radius 1 is 0.714 bits per heavy atom. The van der Waals surface area contributed by atoms with Gasteiger partial charge in [0.1, 0.15) is 5.69 Å². The summed E-state index contributed by atoms with van der Waals surface area (Å²) < 4.78 is 147. The van der Waals surface area contributed by atoms with Crippen LogP contribution in [0.4, 0.5) is 54.0 Å². The van der Waals surface area contributed by atoms with Crippen LogP contribution in [0.5, 0.6) is 0 Å². The van der Waals surface area contributed by atoms with E-state index < -0.39 is 70.3 Å². The lowest BCUT2D eigenvalue weighted by Crippen LogP contribution is -2.59. The van der Waals surface area contributed by atoms with Gasteiger partial charge in [0.2, 0.25) is 17.1 Å². The Morgan fingerprint density at radius 2 is 1.04 bits per heavy atom. The molecule has 0 heterocycles. The van der Waals surface area contributed by atoms with E-state index in [9.17, 15) is 53.1 Å². The molecule has 160 valence electrons. The number of rotatable bonds is 3. The van der Waals surface area contributed by atoms with E-state index in [0.717, 1.165) is 20.8 Å². The van der Waals surface area contributed by atoms with E-state index >= 15 is 0 Å². The van der Waals surface area contributed by atoms with Crippen molar-refractivity contribution < 1.29 is 53.1 Å². The Hall–Kier alpha value is -2.08. The number of hydrogen-bond donors (Lipinski definition) is 1. The lowest BCUT2D eigenvalue weighted by atomic mass is 9.71. The van der Waals surface area contributed by atoms with E-state index in [1.54, 1.807) is 0 Å². The molecule has 0 saturated heterocycles. The molecule has 28 heavy (non-hydrogen) atoms. The smallest absolute Gasteiger partial charge is 0.320 e. The van der Waals surface area contributed by atoms with Gasteiger partial charge in [0.25, 0.3) is 0 Å². The molecular weight excluding hydrogens is 419 g/mol. The maximum atomic E-state index is 13.6. The molecule has 0 saturated carbocycles. The van der Waals surface area contributed by atoms with Gasteiger partial charge in [-0.25, -0.2) is 22.0 Å². The maximum Gasteiger partial charge on any atom is 0.412 e. The van der Waals surface area contributed by atoms with Gasteiger partial charge in [-0.2, -0.15) is 26.3 Å². The van der Waals surface area contributed by atoms with Crippen molar-refractivity contribution in [3.05, 3.63) is 29.1 Å². The second kappa shape index (κ2) is 7.07. The van der Waals surface area contributed by atoms with Gasteiger partial charge in [0.15, 0.2) is 23.3 Å². The average molecular weight is 431 g/mol. The molecule has 1 aromatic rings. The minimum Gasteiger partial charge on any atom is -0.320 e. The number of nitrogens with one attached hydrogen (secondary N) is 1. The molecule has 0 atom stereocenters. The summed E-state index contributed by atoms with van der Waals surface area (Å²) in [4.78, 5) is 12.0. The number of halogens is 11. The van der Waals surface area contributed by atoms with Crippen LogP contribution in [0.1, 0.15) is 27.2 Å². The second-order valence-electron chi connectivity index (χ2n) is 7.04. The van der Waals surface area contributed by atoms with Crippen molar-refractivity contribution in [2.75, 3.05) is 5.32 Å². The topological polar surface area (TPSA) is 29.1 Å². The summed E-state index contributed by atoms with van der Waals surface area (Å²) in [6, 6.07) is 0. The van der Waals surface area contributed by atoms with Gasteiger partial charge in [0, 0.05) is 0 Å². The molecule has 1 amide bonds. The Morgan fingerprint density at radius 3 is 1.32 bits per heavy atom. The number of benzene rings is 1. The number of hydrogen-bond acceptors (Lipinski definition) is 1. The molecule has 0 aromatic heterocycles. The predicted molar refractivity (Wildman–Crippen MR) is 73.5 cm³/mol. The molecule has 0 aliphatic carbocycles. The number of amides is 1. The zero-order valence-corrected chi connectivity index (χ0v) is 14.3. The summed E-state index contributed by atoms with van der Waals surface area (Å²) in [7, 11) is 0. The third-order valence-corrected chi connectivity index (χ3v) is 3.60. The van der Waals surface area contributed by atoms with E-state index in [0.29, 0.717) is 5.32 Å². The molecular formula is C15H12F11NO. The Bertz CT molecular complexity index is 731. The van der Waals surface area contributed by atoms with Gasteiger partial charge >= 0.3 is 12.4 Å². The molecule has 1 aromatic carbocycles. The summed E-state index contributed by atoms with van der Waals surface area (Å²) in [5.41, 5.74) is -9.30. The molecule has 13 heteroatoms. The average Bonchev–Trinajstić information content (AvgIpc) is 2.49. The van der Waals surface area contributed by atoms with Gasteiger partial charge in [-0.1, -0.05) is 20.8 Å². The van der Waals surface area contributed by atoms with Gasteiger partial charge < -0.3 is 5.32 Å². The summed E-state index contributed by atoms with van der Waals surface area (Å²) in [6.45, 7) is 2.76. The standard InChI is InChI=1S/C15H12F11NO/c1-12(2,3)4-13(14(21,22)23,15(24,25)26)11(28)27-10-8(19)6(17)5(16)7(18)9(10)20/h4H2,1-3H3,(H,27,28). The van der Waals surface area contributed by atoms with Crippen molar-refractivity contribution in [2.45, 2.75) is 39.5 Å². The highest BCUT2D eigenvalue weighted by molar-refractivity contribution is 5.97. The zero-order chi connectivity index (χ0) is 22.5. The highest BCUT2D eigenvalue weighted by Crippen LogP contribution is 2.56. The molecule has 0 unspecified atom stereocenters. The number of alkyl halides is 6. The Labute approximate surface area is 150 Å². The molecule has 0 spiro atoms. The monoisotopic (exact) mass is 431 g/mol. The fraction of sp³-hybridized carbons (Fsp3) is 0.533. The van der Waals surface area contributed by atoms with Crippen LogP contribution in [0, 0.1) is 39.9 Å². The van der Waals surface area contributed by atoms with Crippen LogP contribution in [0.25, 0.3) is 0 Å². The lowest BCUT2D eigenvalue weighted by Gasteiger charge is -2.39. The first-order valence-electron chi connectivity index (χ1n) is 7.24. The summed E-state index contributed by atoms with van der Waals surface area (Å²) >= 11 is 0. The van der Waals surface area contributed by atoms with E-state index in [1.165, 1.54) is 0 Å². The number of carbonyl (C=O) groups is 1. The van der Waals surface area contributed by atoms with E-state index in [1.807, 2.05) is 0 Å². The van der Waals surface area contributed by atoms with Crippen LogP contribution in [-0.2, 0) is 4.79 Å². The van der Waals surface area contributed by atoms with Gasteiger partial charge in [-0.3, -0.25) is 4.79 Å². The second-order valence-corrected chi connectivity index (χ2v) is 7.04. The highest BCUT2D eigenvalue weighted by Gasteiger charge is 2.76. The minimum atomic E-state index is -6.31. The van der Waals surface area contributed by atoms with Crippen molar-refractivity contribution in [2.24, 2.45) is 10.8 Å². The summed E-state index contributed by atoms with van der Waals surface area (Å²) in [5, 5.41) is 0.588. The quantitative estimate of drug-likeness (QED) is 0.362. The first-order chi connectivity index (χ1) is 12.3. The summed E-state index contributed by atoms with van der Waals surface area (Å²) in [6.07, 6.45) is -14.5. The van der Waals surface area contributed by atoms with Gasteiger partial charge in [-0.05, 0) is 11.8 Å². The summed E-state index contributed by atoms with van der Waals surface area (Å²) in [5.74, 6) is -16.6. The number of anilines is 1. The van der Waals surface area contributed by atoms with Crippen molar-refractivity contribution >= 4 is 11.6 Å². The van der Waals surface area contributed by atoms with E-state index in [-0.39, 0.29) is 0 Å². The maximum absolute atomic E-state index is 13.6. The number of carbonyl (C=O) groups excluding carboxylic acids is 1. The first kappa shape index (κ1) is 24.0. The van der Waals surface area contributed by atoms with Crippen LogP contribution >= 0.6 is 0 Å². The van der Waals surface area contributed by atoms with Crippen LogP contribution in [-0.4, -0.2) is 18.3 Å². The third kappa shape index (κ3) is 4.02. The van der Waals surface area contributed by atoms with Crippen LogP contribution in [0.2, 0.25) is 0 Å². The normalized spacial score (nSPS) is 13.6. The molecule has 0 bridgehead atoms. The zero-order valence-electron chi connectivity index (χ0n) is 14.3. The largest absolute Gasteiger partial charge is 0.412 e. The fourth-order valence-electron chi connectivity index (χ4n) is 2.43. The van der Waals surface area contributed by atoms with Crippen LogP contribution < -0.4 is 5.32 Å². The molecule has 0 aliphatic heterocycles. The van der Waals surface area contributed by atoms with E-state index in [2.05, 4.69) is 0 Å². The molecule has 1 N–H and O–H groups in total. The predicted octanol–water partition coefficient (Wildman–Crippen LogP) is 5.87. The van der Waals surface area contributed by atoms with E-state index in [4.69, 9.17) is 0 Å². The van der Waals surface area contributed by atoms with Crippen molar-refractivity contribution in [1.29, 1.82) is 0 Å². The molecule has 0 fully saturated rings. The van der Waals surface area contributed by atoms with Crippen molar-refractivity contribution in [1.82, 2.24) is 0 Å². The fourth-order valence-corrected chi connectivity index (χ4v) is 2.43. The minimum absolute atomic E-state index is 0.588. The molecule has 2 nitrogen and oxygen atoms in total. The van der Waals surface area contributed by atoms with Gasteiger partial charge in [-0.15, -0.1) is 0 Å².